The maximum Gasteiger partial charge on any atom is 0.0450 e. The Morgan fingerprint density at radius 3 is 1.45 bits per heavy atom. The van der Waals surface area contributed by atoms with Crippen molar-refractivity contribution in [3.05, 3.63) is 0 Å². The molecule has 0 radical (unpaired) electrons. The zero-order valence-electron chi connectivity index (χ0n) is 6.18. The highest BCUT2D eigenvalue weighted by Gasteiger charge is 1.97. The van der Waals surface area contributed by atoms with E-state index < -0.39 is 0 Å². The van der Waals surface area contributed by atoms with Crippen LogP contribution in [0.5, 0.6) is 0 Å². The molecule has 0 saturated carbocycles. The zero-order valence-corrected chi connectivity index (χ0v) is 10.6. The lowest BCUT2D eigenvalue weighted by Crippen LogP contribution is -1.94. The largest absolute Gasteiger partial charge is 0.165 e. The second-order valence-electron chi connectivity index (χ2n) is 2.15. The van der Waals surface area contributed by atoms with Crippen molar-refractivity contribution in [1.82, 2.24) is 0 Å². The van der Waals surface area contributed by atoms with Crippen LogP contribution in [0, 0.1) is 0 Å². The summed E-state index contributed by atoms with van der Waals surface area (Å²) in [5, 5.41) is 0. The van der Waals surface area contributed by atoms with Crippen LogP contribution < -0.4 is 0 Å². The second kappa shape index (κ2) is 8.35. The molecule has 0 saturated heterocycles. The van der Waals surface area contributed by atoms with E-state index in [2.05, 4.69) is 50.5 Å². The molecule has 0 aromatic carbocycles. The molecule has 0 nitrogen and oxygen atoms in total. The van der Waals surface area contributed by atoms with Gasteiger partial charge in [0, 0.05) is 9.16 Å². The molecule has 68 valence electrons. The molecule has 0 atom stereocenters. The first-order valence-electron chi connectivity index (χ1n) is 3.43. The highest BCUT2D eigenvalue weighted by Crippen LogP contribution is 2.15. The van der Waals surface area contributed by atoms with Crippen LogP contribution in [0.3, 0.4) is 0 Å². The molecule has 11 heavy (non-hydrogen) atoms. The molecule has 5 heteroatoms. The van der Waals surface area contributed by atoms with Crippen molar-refractivity contribution in [3.63, 3.8) is 0 Å². The van der Waals surface area contributed by atoms with Gasteiger partial charge in [-0.3, -0.25) is 0 Å². The van der Waals surface area contributed by atoms with Crippen molar-refractivity contribution < 1.29 is 0 Å². The normalized spacial score (nSPS) is 11.5. The van der Waals surface area contributed by atoms with Crippen molar-refractivity contribution >= 4 is 62.3 Å². The minimum Gasteiger partial charge on any atom is -0.165 e. The van der Waals surface area contributed by atoms with Crippen molar-refractivity contribution in [2.75, 3.05) is 11.5 Å². The van der Waals surface area contributed by atoms with Crippen LogP contribution in [0.4, 0.5) is 0 Å². The summed E-state index contributed by atoms with van der Waals surface area (Å²) < 4.78 is 0.454. The lowest BCUT2D eigenvalue weighted by Gasteiger charge is -2.04. The van der Waals surface area contributed by atoms with Crippen LogP contribution in [0.25, 0.3) is 0 Å². The standard InChI is InChI=1S/C6H14S5/c7-5(8)1-3-11-4-2-6(9)10/h5-10H,1-4H2. The quantitative estimate of drug-likeness (QED) is 0.318. The van der Waals surface area contributed by atoms with Crippen LogP contribution in [-0.2, 0) is 0 Å². The van der Waals surface area contributed by atoms with Gasteiger partial charge in [0.25, 0.3) is 0 Å². The summed E-state index contributed by atoms with van der Waals surface area (Å²) >= 11 is 18.6. The molecule has 0 rings (SSSR count). The zero-order chi connectivity index (χ0) is 8.69. The molecule has 0 aliphatic rings. The van der Waals surface area contributed by atoms with Gasteiger partial charge >= 0.3 is 0 Å². The Bertz CT molecular complexity index is 73.0. The van der Waals surface area contributed by atoms with Crippen molar-refractivity contribution in [3.8, 4) is 0 Å². The van der Waals surface area contributed by atoms with E-state index in [-0.39, 0.29) is 9.16 Å². The summed E-state index contributed by atoms with van der Waals surface area (Å²) in [5.74, 6) is 2.26. The summed E-state index contributed by atoms with van der Waals surface area (Å²) in [6, 6.07) is 0. The molecular weight excluding hydrogens is 232 g/mol. The lowest BCUT2D eigenvalue weighted by atomic mass is 10.6. The van der Waals surface area contributed by atoms with Crippen molar-refractivity contribution in [2.24, 2.45) is 0 Å². The van der Waals surface area contributed by atoms with Gasteiger partial charge in [0.15, 0.2) is 0 Å². The number of thioether (sulfide) groups is 1. The summed E-state index contributed by atoms with van der Waals surface area (Å²) in [6.07, 6.45) is 2.11. The molecule has 0 heterocycles. The predicted molar refractivity (Wildman–Crippen MR) is 70.1 cm³/mol. The Kier molecular flexibility index (Phi) is 9.68. The highest BCUT2D eigenvalue weighted by atomic mass is 32.2. The van der Waals surface area contributed by atoms with E-state index in [1.54, 1.807) is 0 Å². The first kappa shape index (κ1) is 12.8. The molecule has 0 bridgehead atoms. The van der Waals surface area contributed by atoms with Crippen LogP contribution in [-0.4, -0.2) is 20.7 Å². The molecule has 0 aliphatic carbocycles. The number of rotatable bonds is 6. The Morgan fingerprint density at radius 1 is 0.818 bits per heavy atom. The van der Waals surface area contributed by atoms with Gasteiger partial charge in [-0.05, 0) is 24.3 Å². The molecule has 0 amide bonds. The SMILES string of the molecule is SC(S)CCSCCC(S)S. The van der Waals surface area contributed by atoms with E-state index >= 15 is 0 Å². The molecule has 0 aliphatic heterocycles. The third kappa shape index (κ3) is 11.8. The number of hydrogen-bond acceptors (Lipinski definition) is 5. The summed E-state index contributed by atoms with van der Waals surface area (Å²) in [5.41, 5.74) is 0. The fourth-order valence-corrected chi connectivity index (χ4v) is 2.70. The molecule has 0 unspecified atom stereocenters. The van der Waals surface area contributed by atoms with E-state index in [4.69, 9.17) is 0 Å². The second-order valence-corrected chi connectivity index (χ2v) is 6.68. The average Bonchev–Trinajstić information content (AvgIpc) is 1.85. The van der Waals surface area contributed by atoms with Gasteiger partial charge in [-0.2, -0.15) is 62.3 Å². The lowest BCUT2D eigenvalue weighted by molar-refractivity contribution is 1.06. The molecule has 0 aromatic heterocycles. The average molecular weight is 247 g/mol. The third-order valence-corrected chi connectivity index (χ3v) is 3.12. The summed E-state index contributed by atoms with van der Waals surface area (Å²) in [6.45, 7) is 0. The van der Waals surface area contributed by atoms with E-state index in [1.807, 2.05) is 11.8 Å². The van der Waals surface area contributed by atoms with Crippen molar-refractivity contribution in [1.29, 1.82) is 0 Å². The molecule has 0 spiro atoms. The minimum atomic E-state index is 0.227. The Morgan fingerprint density at radius 2 is 1.18 bits per heavy atom. The fraction of sp³-hybridized carbons (Fsp3) is 1.00. The molecule has 0 N–H and O–H groups in total. The minimum absolute atomic E-state index is 0.227. The number of thiol groups is 4. The maximum atomic E-state index is 4.16. The van der Waals surface area contributed by atoms with Gasteiger partial charge in [0.05, 0.1) is 0 Å². The Hall–Kier alpha value is 1.75. The van der Waals surface area contributed by atoms with E-state index in [1.165, 1.54) is 0 Å². The van der Waals surface area contributed by atoms with Gasteiger partial charge in [0.2, 0.25) is 0 Å². The van der Waals surface area contributed by atoms with Gasteiger partial charge in [-0.15, -0.1) is 0 Å². The van der Waals surface area contributed by atoms with Gasteiger partial charge in [-0.25, -0.2) is 0 Å². The van der Waals surface area contributed by atoms with E-state index in [9.17, 15) is 0 Å². The highest BCUT2D eigenvalue weighted by molar-refractivity contribution is 8.01. The molecule has 0 fully saturated rings. The van der Waals surface area contributed by atoms with Crippen LogP contribution >= 0.6 is 62.3 Å². The van der Waals surface area contributed by atoms with Gasteiger partial charge in [-0.1, -0.05) is 0 Å². The van der Waals surface area contributed by atoms with E-state index in [0.29, 0.717) is 0 Å². The van der Waals surface area contributed by atoms with E-state index in [0.717, 1.165) is 24.3 Å². The predicted octanol–water partition coefficient (Wildman–Crippen LogP) is 2.87. The van der Waals surface area contributed by atoms with Gasteiger partial charge in [0.1, 0.15) is 0 Å². The molecule has 0 aromatic rings. The van der Waals surface area contributed by atoms with Gasteiger partial charge < -0.3 is 0 Å². The smallest absolute Gasteiger partial charge is 0.0450 e. The summed E-state index contributed by atoms with van der Waals surface area (Å²) in [4.78, 5) is 0. The Labute approximate surface area is 95.3 Å². The third-order valence-electron chi connectivity index (χ3n) is 1.04. The topological polar surface area (TPSA) is 0 Å². The Balaban J connectivity index is 2.91. The summed E-state index contributed by atoms with van der Waals surface area (Å²) in [7, 11) is 0. The number of hydrogen-bond donors (Lipinski definition) is 4. The van der Waals surface area contributed by atoms with Crippen LogP contribution in [0.15, 0.2) is 0 Å². The fourth-order valence-electron chi connectivity index (χ4n) is 0.480. The van der Waals surface area contributed by atoms with Crippen LogP contribution in [0.2, 0.25) is 0 Å². The first-order chi connectivity index (χ1) is 5.13. The first-order valence-corrected chi connectivity index (χ1v) is 6.65. The molecular formula is C6H14S5. The van der Waals surface area contributed by atoms with Crippen LogP contribution in [0.1, 0.15) is 12.8 Å². The van der Waals surface area contributed by atoms with Crippen molar-refractivity contribution in [2.45, 2.75) is 22.0 Å². The maximum absolute atomic E-state index is 4.16. The monoisotopic (exact) mass is 246 g/mol.